The number of amides is 1. The van der Waals surface area contributed by atoms with E-state index in [1.807, 2.05) is 60.1 Å². The lowest BCUT2D eigenvalue weighted by atomic mass is 9.97. The molecule has 0 radical (unpaired) electrons. The second kappa shape index (κ2) is 6.53. The van der Waals surface area contributed by atoms with Gasteiger partial charge in [-0.05, 0) is 36.6 Å². The standard InChI is InChI=1S/C20H19N3O2/c1-14-18(13-21-23(14)16-8-3-2-4-9-16)22-20(24)19-17-10-6-5-7-15(17)11-12-25-19/h2-10,13,19H,11-12H2,1H3,(H,22,24). The third-order valence-corrected chi connectivity index (χ3v) is 4.50. The smallest absolute Gasteiger partial charge is 0.258 e. The highest BCUT2D eigenvalue weighted by atomic mass is 16.5. The molecule has 1 atom stereocenters. The Balaban J connectivity index is 1.58. The van der Waals surface area contributed by atoms with E-state index in [1.165, 1.54) is 5.56 Å². The van der Waals surface area contributed by atoms with Crippen molar-refractivity contribution in [2.45, 2.75) is 19.4 Å². The molecule has 0 saturated heterocycles. The number of nitrogens with zero attached hydrogens (tertiary/aromatic N) is 2. The van der Waals surface area contributed by atoms with E-state index in [-0.39, 0.29) is 5.91 Å². The molecule has 25 heavy (non-hydrogen) atoms. The van der Waals surface area contributed by atoms with Crippen LogP contribution >= 0.6 is 0 Å². The molecule has 2 heterocycles. The number of hydrogen-bond donors (Lipinski definition) is 1. The first-order chi connectivity index (χ1) is 12.2. The topological polar surface area (TPSA) is 56.1 Å². The molecule has 0 spiro atoms. The van der Waals surface area contributed by atoms with Crippen molar-refractivity contribution in [3.05, 3.63) is 77.6 Å². The normalized spacial score (nSPS) is 16.3. The second-order valence-corrected chi connectivity index (χ2v) is 6.08. The third-order valence-electron chi connectivity index (χ3n) is 4.50. The Morgan fingerprint density at radius 3 is 2.76 bits per heavy atom. The minimum Gasteiger partial charge on any atom is -0.363 e. The summed E-state index contributed by atoms with van der Waals surface area (Å²) in [6.45, 7) is 2.49. The number of fused-ring (bicyclic) bond motifs is 1. The fourth-order valence-corrected chi connectivity index (χ4v) is 3.17. The Labute approximate surface area is 146 Å². The molecule has 1 unspecified atom stereocenters. The molecule has 2 aromatic carbocycles. The van der Waals surface area contributed by atoms with Gasteiger partial charge in [-0.15, -0.1) is 0 Å². The van der Waals surface area contributed by atoms with Gasteiger partial charge in [0.05, 0.1) is 29.9 Å². The summed E-state index contributed by atoms with van der Waals surface area (Å²) in [6.07, 6.45) is 1.93. The molecule has 1 aliphatic heterocycles. The Morgan fingerprint density at radius 2 is 1.92 bits per heavy atom. The molecule has 0 bridgehead atoms. The van der Waals surface area contributed by atoms with Crippen molar-refractivity contribution >= 4 is 11.6 Å². The van der Waals surface area contributed by atoms with Gasteiger partial charge < -0.3 is 10.1 Å². The maximum absolute atomic E-state index is 12.8. The number of anilines is 1. The van der Waals surface area contributed by atoms with E-state index in [4.69, 9.17) is 4.74 Å². The molecule has 0 aliphatic carbocycles. The van der Waals surface area contributed by atoms with Crippen molar-refractivity contribution < 1.29 is 9.53 Å². The number of ether oxygens (including phenoxy) is 1. The Bertz CT molecular complexity index is 902. The largest absolute Gasteiger partial charge is 0.363 e. The summed E-state index contributed by atoms with van der Waals surface area (Å²) in [5.41, 5.74) is 4.65. The van der Waals surface area contributed by atoms with E-state index in [0.717, 1.165) is 23.4 Å². The van der Waals surface area contributed by atoms with E-state index in [9.17, 15) is 4.79 Å². The van der Waals surface area contributed by atoms with E-state index < -0.39 is 6.10 Å². The van der Waals surface area contributed by atoms with E-state index in [2.05, 4.69) is 16.5 Å². The number of para-hydroxylation sites is 1. The van der Waals surface area contributed by atoms with Crippen molar-refractivity contribution in [3.63, 3.8) is 0 Å². The summed E-state index contributed by atoms with van der Waals surface area (Å²) in [4.78, 5) is 12.8. The molecule has 1 N–H and O–H groups in total. The Morgan fingerprint density at radius 1 is 1.16 bits per heavy atom. The van der Waals surface area contributed by atoms with Crippen LogP contribution in [-0.4, -0.2) is 22.3 Å². The molecule has 0 saturated carbocycles. The number of hydrogen-bond acceptors (Lipinski definition) is 3. The molecule has 5 nitrogen and oxygen atoms in total. The van der Waals surface area contributed by atoms with Gasteiger partial charge >= 0.3 is 0 Å². The highest BCUT2D eigenvalue weighted by Gasteiger charge is 2.27. The molecule has 126 valence electrons. The molecule has 3 aromatic rings. The number of carbonyl (C=O) groups is 1. The van der Waals surface area contributed by atoms with Crippen molar-refractivity contribution in [1.82, 2.24) is 9.78 Å². The van der Waals surface area contributed by atoms with Crippen LogP contribution in [0.5, 0.6) is 0 Å². The minimum atomic E-state index is -0.579. The number of rotatable bonds is 3. The van der Waals surface area contributed by atoms with Crippen LogP contribution in [0.2, 0.25) is 0 Å². The minimum absolute atomic E-state index is 0.164. The zero-order valence-electron chi connectivity index (χ0n) is 14.0. The average Bonchev–Trinajstić information content (AvgIpc) is 3.02. The number of carbonyl (C=O) groups excluding carboxylic acids is 1. The van der Waals surface area contributed by atoms with Gasteiger partial charge in [-0.25, -0.2) is 4.68 Å². The molecule has 1 amide bonds. The quantitative estimate of drug-likeness (QED) is 0.799. The number of benzene rings is 2. The lowest BCUT2D eigenvalue weighted by Gasteiger charge is -2.25. The molecule has 5 heteroatoms. The Kier molecular flexibility index (Phi) is 4.07. The van der Waals surface area contributed by atoms with Gasteiger partial charge in [0, 0.05) is 0 Å². The van der Waals surface area contributed by atoms with Gasteiger partial charge in [-0.2, -0.15) is 5.10 Å². The van der Waals surface area contributed by atoms with E-state index >= 15 is 0 Å². The maximum atomic E-state index is 12.8. The highest BCUT2D eigenvalue weighted by molar-refractivity contribution is 5.95. The summed E-state index contributed by atoms with van der Waals surface area (Å²) < 4.78 is 7.54. The third kappa shape index (κ3) is 2.94. The van der Waals surface area contributed by atoms with Crippen LogP contribution in [-0.2, 0) is 16.0 Å². The summed E-state index contributed by atoms with van der Waals surface area (Å²) in [7, 11) is 0. The SMILES string of the molecule is Cc1c(NC(=O)C2OCCc3ccccc32)cnn1-c1ccccc1. The Hall–Kier alpha value is -2.92. The summed E-state index contributed by atoms with van der Waals surface area (Å²) in [5.74, 6) is -0.164. The number of nitrogens with one attached hydrogen (secondary N) is 1. The van der Waals surface area contributed by atoms with Gasteiger partial charge in [-0.1, -0.05) is 42.5 Å². The van der Waals surface area contributed by atoms with Crippen LogP contribution in [0.15, 0.2) is 60.8 Å². The van der Waals surface area contributed by atoms with Gasteiger partial charge in [0.2, 0.25) is 0 Å². The van der Waals surface area contributed by atoms with Gasteiger partial charge in [0.1, 0.15) is 0 Å². The van der Waals surface area contributed by atoms with Crippen LogP contribution < -0.4 is 5.32 Å². The number of aromatic nitrogens is 2. The molecule has 1 aliphatic rings. The molecule has 0 fully saturated rings. The van der Waals surface area contributed by atoms with Gasteiger partial charge in [0.15, 0.2) is 6.10 Å². The monoisotopic (exact) mass is 333 g/mol. The predicted octanol–water partition coefficient (Wildman–Crippen LogP) is 3.43. The molecular weight excluding hydrogens is 314 g/mol. The van der Waals surface area contributed by atoms with Gasteiger partial charge in [-0.3, -0.25) is 4.79 Å². The zero-order chi connectivity index (χ0) is 17.2. The van der Waals surface area contributed by atoms with Crippen LogP contribution in [0, 0.1) is 6.92 Å². The van der Waals surface area contributed by atoms with Crippen molar-refractivity contribution in [2.24, 2.45) is 0 Å². The summed E-state index contributed by atoms with van der Waals surface area (Å²) in [5, 5.41) is 7.35. The second-order valence-electron chi connectivity index (χ2n) is 6.08. The first kappa shape index (κ1) is 15.6. The first-order valence-electron chi connectivity index (χ1n) is 8.34. The average molecular weight is 333 g/mol. The van der Waals surface area contributed by atoms with Gasteiger partial charge in [0.25, 0.3) is 5.91 Å². The van der Waals surface area contributed by atoms with Crippen molar-refractivity contribution in [1.29, 1.82) is 0 Å². The van der Waals surface area contributed by atoms with Crippen LogP contribution in [0.3, 0.4) is 0 Å². The highest BCUT2D eigenvalue weighted by Crippen LogP contribution is 2.28. The van der Waals surface area contributed by atoms with E-state index in [1.54, 1.807) is 6.20 Å². The summed E-state index contributed by atoms with van der Waals surface area (Å²) >= 11 is 0. The van der Waals surface area contributed by atoms with Crippen LogP contribution in [0.25, 0.3) is 5.69 Å². The van der Waals surface area contributed by atoms with Crippen molar-refractivity contribution in [3.8, 4) is 5.69 Å². The summed E-state index contributed by atoms with van der Waals surface area (Å²) in [6, 6.07) is 17.8. The van der Waals surface area contributed by atoms with E-state index in [0.29, 0.717) is 12.3 Å². The molecular formula is C20H19N3O2. The maximum Gasteiger partial charge on any atom is 0.258 e. The van der Waals surface area contributed by atoms with Crippen molar-refractivity contribution in [2.75, 3.05) is 11.9 Å². The lowest BCUT2D eigenvalue weighted by molar-refractivity contribution is -0.128. The predicted molar refractivity (Wildman–Crippen MR) is 95.8 cm³/mol. The molecule has 4 rings (SSSR count). The lowest BCUT2D eigenvalue weighted by Crippen LogP contribution is -2.28. The molecule has 1 aromatic heterocycles. The zero-order valence-corrected chi connectivity index (χ0v) is 14.0. The van der Waals surface area contributed by atoms with Crippen LogP contribution in [0.4, 0.5) is 5.69 Å². The fourth-order valence-electron chi connectivity index (χ4n) is 3.17. The fraction of sp³-hybridized carbons (Fsp3) is 0.200. The first-order valence-corrected chi connectivity index (χ1v) is 8.34. The van der Waals surface area contributed by atoms with Crippen LogP contribution in [0.1, 0.15) is 22.9 Å².